The van der Waals surface area contributed by atoms with Gasteiger partial charge < -0.3 is 14.6 Å². The Morgan fingerprint density at radius 1 is 1.13 bits per heavy atom. The quantitative estimate of drug-likeness (QED) is 0.681. The van der Waals surface area contributed by atoms with E-state index in [2.05, 4.69) is 4.98 Å². The summed E-state index contributed by atoms with van der Waals surface area (Å²) >= 11 is 0. The highest BCUT2D eigenvalue weighted by atomic mass is 19.1. The molecule has 2 aromatic carbocycles. The number of halogens is 1. The van der Waals surface area contributed by atoms with E-state index in [1.807, 2.05) is 29.2 Å². The molecule has 31 heavy (non-hydrogen) atoms. The molecule has 2 aliphatic heterocycles. The zero-order valence-corrected chi connectivity index (χ0v) is 17.5. The topological polar surface area (TPSA) is 67.3 Å². The number of carbonyl (C=O) groups excluding carboxylic acids is 1. The molecule has 162 valence electrons. The Balaban J connectivity index is 1.37. The van der Waals surface area contributed by atoms with Crippen molar-refractivity contribution in [3.8, 4) is 0 Å². The van der Waals surface area contributed by atoms with Gasteiger partial charge in [-0.15, -0.1) is 0 Å². The van der Waals surface area contributed by atoms with Gasteiger partial charge in [-0.2, -0.15) is 0 Å². The fourth-order valence-corrected chi connectivity index (χ4v) is 5.37. The number of rotatable bonds is 5. The van der Waals surface area contributed by atoms with Crippen LogP contribution in [-0.4, -0.2) is 46.2 Å². The van der Waals surface area contributed by atoms with Gasteiger partial charge in [0.25, 0.3) is 5.91 Å². The summed E-state index contributed by atoms with van der Waals surface area (Å²) < 4.78 is 20.0. The summed E-state index contributed by atoms with van der Waals surface area (Å²) in [5.41, 5.74) is 3.00. The van der Waals surface area contributed by atoms with Crippen molar-refractivity contribution in [2.75, 3.05) is 13.7 Å². The zero-order chi connectivity index (χ0) is 21.5. The van der Waals surface area contributed by atoms with E-state index in [1.165, 1.54) is 12.1 Å². The highest BCUT2D eigenvalue weighted by molar-refractivity contribution is 5.98. The number of hydrogen-bond donors (Lipinski definition) is 1. The number of fused-ring (bicyclic) bond motifs is 3. The Hall–Kier alpha value is -2.93. The number of nitrogens with zero attached hydrogens (tertiary/aromatic N) is 2. The van der Waals surface area contributed by atoms with Gasteiger partial charge in [0.05, 0.1) is 24.2 Å². The lowest BCUT2D eigenvalue weighted by Gasteiger charge is -2.39. The minimum Gasteiger partial charge on any atom is -0.383 e. The van der Waals surface area contributed by atoms with Gasteiger partial charge in [0.2, 0.25) is 0 Å². The van der Waals surface area contributed by atoms with Crippen LogP contribution in [0.1, 0.15) is 47.5 Å². The maximum atomic E-state index is 13.4. The number of benzene rings is 2. The minimum absolute atomic E-state index is 0.0254. The molecule has 1 N–H and O–H groups in total. The third-order valence-electron chi connectivity index (χ3n) is 6.85. The van der Waals surface area contributed by atoms with Crippen LogP contribution in [0.3, 0.4) is 0 Å². The molecule has 2 fully saturated rings. The molecule has 3 aromatic rings. The third kappa shape index (κ3) is 3.57. The minimum atomic E-state index is -0.219. The van der Waals surface area contributed by atoms with Crippen molar-refractivity contribution in [3.63, 3.8) is 0 Å². The molecule has 7 heteroatoms. The van der Waals surface area contributed by atoms with Crippen LogP contribution < -0.4 is 5.69 Å². The summed E-state index contributed by atoms with van der Waals surface area (Å²) in [6, 6.07) is 12.6. The monoisotopic (exact) mass is 423 g/mol. The van der Waals surface area contributed by atoms with Crippen molar-refractivity contribution < 1.29 is 13.9 Å². The standard InChI is InChI=1S/C24H26FN3O3/c1-31-11-10-27-22-9-4-16(14-21(22)26-24(27)30)23(29)28-19-7-8-20(28)13-17(12-19)15-2-5-18(25)6-3-15/h2-6,9,14,17,19-20H,7-8,10-13H2,1H3,(H,26,30). The molecule has 2 unspecified atom stereocenters. The molecule has 0 radical (unpaired) electrons. The highest BCUT2D eigenvalue weighted by Crippen LogP contribution is 2.43. The molecule has 6 nitrogen and oxygen atoms in total. The fraction of sp³-hybridized carbons (Fsp3) is 0.417. The van der Waals surface area contributed by atoms with Crippen LogP contribution in [0.2, 0.25) is 0 Å². The van der Waals surface area contributed by atoms with E-state index in [9.17, 15) is 14.0 Å². The molecule has 3 heterocycles. The summed E-state index contributed by atoms with van der Waals surface area (Å²) in [5.74, 6) is 0.164. The first kappa shape index (κ1) is 20.0. The zero-order valence-electron chi connectivity index (χ0n) is 17.5. The molecule has 0 spiro atoms. The summed E-state index contributed by atoms with van der Waals surface area (Å²) in [6.07, 6.45) is 3.81. The van der Waals surface area contributed by atoms with Crippen molar-refractivity contribution >= 4 is 16.9 Å². The average molecular weight is 423 g/mol. The first-order valence-electron chi connectivity index (χ1n) is 10.8. The van der Waals surface area contributed by atoms with Crippen LogP contribution in [0.4, 0.5) is 4.39 Å². The molecule has 2 bridgehead atoms. The number of methoxy groups -OCH3 is 1. The van der Waals surface area contributed by atoms with Gasteiger partial charge in [0.1, 0.15) is 5.82 Å². The van der Waals surface area contributed by atoms with Crippen LogP contribution >= 0.6 is 0 Å². The Bertz CT molecular complexity index is 1150. The molecule has 2 saturated heterocycles. The van der Waals surface area contributed by atoms with Crippen LogP contribution in [0, 0.1) is 5.82 Å². The second-order valence-electron chi connectivity index (χ2n) is 8.62. The number of carbonyl (C=O) groups is 1. The fourth-order valence-electron chi connectivity index (χ4n) is 5.37. The van der Waals surface area contributed by atoms with Crippen molar-refractivity contribution in [1.82, 2.24) is 14.5 Å². The third-order valence-corrected chi connectivity index (χ3v) is 6.85. The number of imidazole rings is 1. The van der Waals surface area contributed by atoms with E-state index in [0.717, 1.165) is 36.8 Å². The number of piperidine rings is 1. The maximum Gasteiger partial charge on any atom is 0.326 e. The predicted molar refractivity (Wildman–Crippen MR) is 116 cm³/mol. The summed E-state index contributed by atoms with van der Waals surface area (Å²) in [4.78, 5) is 30.6. The first-order chi connectivity index (χ1) is 15.0. The molecule has 2 atom stereocenters. The number of amides is 1. The summed E-state index contributed by atoms with van der Waals surface area (Å²) in [5, 5.41) is 0. The molecule has 0 aliphatic carbocycles. The van der Waals surface area contributed by atoms with E-state index in [1.54, 1.807) is 17.7 Å². The number of H-pyrrole nitrogens is 1. The van der Waals surface area contributed by atoms with Crippen molar-refractivity contribution in [3.05, 3.63) is 69.9 Å². The number of aromatic amines is 1. The van der Waals surface area contributed by atoms with Crippen LogP contribution in [0.5, 0.6) is 0 Å². The number of hydrogen-bond acceptors (Lipinski definition) is 3. The molecular formula is C24H26FN3O3. The smallest absolute Gasteiger partial charge is 0.326 e. The van der Waals surface area contributed by atoms with Crippen LogP contribution in [0.15, 0.2) is 47.3 Å². The summed E-state index contributed by atoms with van der Waals surface area (Å²) in [7, 11) is 1.60. The van der Waals surface area contributed by atoms with Crippen molar-refractivity contribution in [2.45, 2.75) is 50.2 Å². The Morgan fingerprint density at radius 3 is 2.52 bits per heavy atom. The van der Waals surface area contributed by atoms with Gasteiger partial charge >= 0.3 is 5.69 Å². The lowest BCUT2D eigenvalue weighted by Crippen LogP contribution is -2.46. The van der Waals surface area contributed by atoms with Gasteiger partial charge in [0.15, 0.2) is 0 Å². The number of aromatic nitrogens is 2. The predicted octanol–water partition coefficient (Wildman–Crippen LogP) is 3.67. The van der Waals surface area contributed by atoms with Gasteiger partial charge in [-0.25, -0.2) is 9.18 Å². The largest absolute Gasteiger partial charge is 0.383 e. The molecule has 2 aliphatic rings. The Morgan fingerprint density at radius 2 is 1.84 bits per heavy atom. The Kier molecular flexibility index (Phi) is 5.14. The normalized spacial score (nSPS) is 22.9. The Labute approximate surface area is 179 Å². The molecule has 1 amide bonds. The van der Waals surface area contributed by atoms with Gasteiger partial charge in [-0.1, -0.05) is 12.1 Å². The maximum absolute atomic E-state index is 13.4. The van der Waals surface area contributed by atoms with E-state index in [0.29, 0.717) is 30.1 Å². The van der Waals surface area contributed by atoms with E-state index >= 15 is 0 Å². The number of ether oxygens (including phenoxy) is 1. The molecule has 5 rings (SSSR count). The van der Waals surface area contributed by atoms with Crippen LogP contribution in [0.25, 0.3) is 11.0 Å². The van der Waals surface area contributed by atoms with Gasteiger partial charge in [-0.3, -0.25) is 9.36 Å². The van der Waals surface area contributed by atoms with Crippen molar-refractivity contribution in [1.29, 1.82) is 0 Å². The molecule has 1 aromatic heterocycles. The van der Waals surface area contributed by atoms with E-state index < -0.39 is 0 Å². The molecular weight excluding hydrogens is 397 g/mol. The second kappa shape index (κ2) is 7.96. The van der Waals surface area contributed by atoms with Gasteiger partial charge in [-0.05, 0) is 67.5 Å². The summed E-state index contributed by atoms with van der Waals surface area (Å²) in [6.45, 7) is 0.906. The van der Waals surface area contributed by atoms with Gasteiger partial charge in [0, 0.05) is 24.8 Å². The highest BCUT2D eigenvalue weighted by Gasteiger charge is 2.43. The lowest BCUT2D eigenvalue weighted by atomic mass is 9.85. The van der Waals surface area contributed by atoms with E-state index in [4.69, 9.17) is 4.74 Å². The lowest BCUT2D eigenvalue weighted by molar-refractivity contribution is 0.0571. The second-order valence-corrected chi connectivity index (χ2v) is 8.62. The van der Waals surface area contributed by atoms with Crippen LogP contribution in [-0.2, 0) is 11.3 Å². The average Bonchev–Trinajstić information content (AvgIpc) is 3.23. The first-order valence-corrected chi connectivity index (χ1v) is 10.8. The SMILES string of the molecule is COCCn1c(=O)[nH]c2cc(C(=O)N3C4CCC3CC(c3ccc(F)cc3)C4)ccc21. The van der Waals surface area contributed by atoms with E-state index in [-0.39, 0.29) is 29.5 Å². The van der Waals surface area contributed by atoms with Crippen molar-refractivity contribution in [2.24, 2.45) is 0 Å². The molecule has 0 saturated carbocycles. The number of nitrogens with one attached hydrogen (secondary N) is 1.